The third-order valence-electron chi connectivity index (χ3n) is 4.64. The summed E-state index contributed by atoms with van der Waals surface area (Å²) in [6.07, 6.45) is -0.755. The topological polar surface area (TPSA) is 80.2 Å². The van der Waals surface area contributed by atoms with Crippen LogP contribution in [-0.2, 0) is 13.2 Å². The highest BCUT2D eigenvalue weighted by atomic mass is 19.1. The van der Waals surface area contributed by atoms with Crippen molar-refractivity contribution in [2.24, 2.45) is 0 Å². The molecule has 0 bridgehead atoms. The van der Waals surface area contributed by atoms with E-state index in [-0.39, 0.29) is 44.6 Å². The first-order valence-corrected chi connectivity index (χ1v) is 10.5. The van der Waals surface area contributed by atoms with Crippen LogP contribution in [0.3, 0.4) is 0 Å². The van der Waals surface area contributed by atoms with E-state index in [0.717, 1.165) is 11.1 Å². The van der Waals surface area contributed by atoms with Crippen LogP contribution in [0.2, 0.25) is 0 Å². The zero-order chi connectivity index (χ0) is 23.5. The smallest absolute Gasteiger partial charge is 0.165 e. The number of halogens is 2. The average molecular weight is 459 g/mol. The normalized spacial score (nSPS) is 11.8. The Morgan fingerprint density at radius 2 is 1.33 bits per heavy atom. The standard InChI is InChI=1S/C25H27F2NO5/c26-20-5-1-18(2-6-20)15-32-24-10-9-23(31-17-22(30)14-28-11-12-29)13-25(24)33-16-19-3-7-21(27)8-4-19/h1-10,13,22,28-30H,11-12,14-17H2. The van der Waals surface area contributed by atoms with Crippen molar-refractivity contribution >= 4 is 0 Å². The van der Waals surface area contributed by atoms with Crippen LogP contribution in [0, 0.1) is 11.6 Å². The minimum atomic E-state index is -0.755. The van der Waals surface area contributed by atoms with Crippen molar-refractivity contribution < 1.29 is 33.2 Å². The summed E-state index contributed by atoms with van der Waals surface area (Å²) in [6.45, 7) is 1.10. The second kappa shape index (κ2) is 12.7. The molecular formula is C25H27F2NO5. The lowest BCUT2D eigenvalue weighted by molar-refractivity contribution is 0.105. The molecule has 176 valence electrons. The SMILES string of the molecule is OCCNCC(O)COc1ccc(OCc2ccc(F)cc2)c(OCc2ccc(F)cc2)c1. The van der Waals surface area contributed by atoms with Gasteiger partial charge in [0.1, 0.15) is 43.3 Å². The molecule has 3 rings (SSSR count). The molecule has 3 N–H and O–H groups in total. The monoisotopic (exact) mass is 459 g/mol. The lowest BCUT2D eigenvalue weighted by atomic mass is 10.2. The Bertz CT molecular complexity index is 983. The average Bonchev–Trinajstić information content (AvgIpc) is 2.83. The van der Waals surface area contributed by atoms with Crippen molar-refractivity contribution in [2.75, 3.05) is 26.3 Å². The van der Waals surface area contributed by atoms with Gasteiger partial charge in [0.05, 0.1) is 6.61 Å². The Labute approximate surface area is 191 Å². The summed E-state index contributed by atoms with van der Waals surface area (Å²) < 4.78 is 43.7. The van der Waals surface area contributed by atoms with E-state index < -0.39 is 6.10 Å². The third kappa shape index (κ3) is 8.34. The van der Waals surface area contributed by atoms with E-state index in [1.165, 1.54) is 24.3 Å². The number of aliphatic hydroxyl groups excluding tert-OH is 2. The van der Waals surface area contributed by atoms with Crippen LogP contribution in [-0.4, -0.2) is 42.6 Å². The quantitative estimate of drug-likeness (QED) is 0.340. The van der Waals surface area contributed by atoms with E-state index in [9.17, 15) is 13.9 Å². The summed E-state index contributed by atoms with van der Waals surface area (Å²) in [5, 5.41) is 21.7. The minimum absolute atomic E-state index is 0.0122. The van der Waals surface area contributed by atoms with Gasteiger partial charge >= 0.3 is 0 Å². The maximum Gasteiger partial charge on any atom is 0.165 e. The van der Waals surface area contributed by atoms with Gasteiger partial charge in [-0.25, -0.2) is 8.78 Å². The molecule has 1 atom stereocenters. The fraction of sp³-hybridized carbons (Fsp3) is 0.280. The number of aliphatic hydroxyl groups is 2. The molecule has 0 fully saturated rings. The summed E-state index contributed by atoms with van der Waals surface area (Å²) in [5.74, 6) is 0.687. The fourth-order valence-electron chi connectivity index (χ4n) is 2.89. The van der Waals surface area contributed by atoms with Crippen LogP contribution in [0.25, 0.3) is 0 Å². The molecule has 0 aliphatic rings. The van der Waals surface area contributed by atoms with Crippen LogP contribution >= 0.6 is 0 Å². The summed E-state index contributed by atoms with van der Waals surface area (Å²) in [7, 11) is 0. The van der Waals surface area contributed by atoms with E-state index in [2.05, 4.69) is 5.32 Å². The van der Waals surface area contributed by atoms with Crippen LogP contribution < -0.4 is 19.5 Å². The van der Waals surface area contributed by atoms with E-state index in [0.29, 0.717) is 23.8 Å². The second-order valence-electron chi connectivity index (χ2n) is 7.33. The lowest BCUT2D eigenvalue weighted by Gasteiger charge is -2.16. The van der Waals surface area contributed by atoms with Gasteiger partial charge in [0.25, 0.3) is 0 Å². The van der Waals surface area contributed by atoms with Gasteiger partial charge in [0.2, 0.25) is 0 Å². The summed E-state index contributed by atoms with van der Waals surface area (Å²) in [6, 6.07) is 17.0. The van der Waals surface area contributed by atoms with Gasteiger partial charge in [-0.1, -0.05) is 24.3 Å². The largest absolute Gasteiger partial charge is 0.491 e. The van der Waals surface area contributed by atoms with Crippen LogP contribution in [0.15, 0.2) is 66.7 Å². The molecule has 3 aromatic carbocycles. The number of benzene rings is 3. The third-order valence-corrected chi connectivity index (χ3v) is 4.64. The molecule has 0 saturated carbocycles. The van der Waals surface area contributed by atoms with Crippen LogP contribution in [0.4, 0.5) is 8.78 Å². The van der Waals surface area contributed by atoms with Crippen molar-refractivity contribution in [2.45, 2.75) is 19.3 Å². The predicted octanol–water partition coefficient (Wildman–Crippen LogP) is 3.44. The molecule has 0 radical (unpaired) electrons. The van der Waals surface area contributed by atoms with Gasteiger partial charge in [-0.05, 0) is 47.5 Å². The highest BCUT2D eigenvalue weighted by Crippen LogP contribution is 2.33. The minimum Gasteiger partial charge on any atom is -0.491 e. The van der Waals surface area contributed by atoms with E-state index >= 15 is 0 Å². The molecular weight excluding hydrogens is 432 g/mol. The highest BCUT2D eigenvalue weighted by Gasteiger charge is 2.11. The molecule has 0 aliphatic carbocycles. The highest BCUT2D eigenvalue weighted by molar-refractivity contribution is 5.46. The molecule has 0 heterocycles. The van der Waals surface area contributed by atoms with E-state index in [1.54, 1.807) is 42.5 Å². The molecule has 6 nitrogen and oxygen atoms in total. The van der Waals surface area contributed by atoms with Crippen molar-refractivity contribution in [3.63, 3.8) is 0 Å². The molecule has 0 saturated heterocycles. The summed E-state index contributed by atoms with van der Waals surface area (Å²) in [4.78, 5) is 0. The molecule has 0 spiro atoms. The second-order valence-corrected chi connectivity index (χ2v) is 7.33. The number of hydrogen-bond acceptors (Lipinski definition) is 6. The Morgan fingerprint density at radius 1 is 0.758 bits per heavy atom. The van der Waals surface area contributed by atoms with Gasteiger partial charge in [0.15, 0.2) is 11.5 Å². The molecule has 0 amide bonds. The van der Waals surface area contributed by atoms with Gasteiger partial charge in [-0.15, -0.1) is 0 Å². The zero-order valence-electron chi connectivity index (χ0n) is 18.0. The Hall–Kier alpha value is -3.20. The fourth-order valence-corrected chi connectivity index (χ4v) is 2.89. The van der Waals surface area contributed by atoms with Crippen molar-refractivity contribution in [1.82, 2.24) is 5.32 Å². The molecule has 1 unspecified atom stereocenters. The molecule has 33 heavy (non-hydrogen) atoms. The van der Waals surface area contributed by atoms with Gasteiger partial charge in [-0.3, -0.25) is 0 Å². The van der Waals surface area contributed by atoms with Crippen LogP contribution in [0.1, 0.15) is 11.1 Å². The van der Waals surface area contributed by atoms with Crippen molar-refractivity contribution in [1.29, 1.82) is 0 Å². The van der Waals surface area contributed by atoms with Gasteiger partial charge in [0, 0.05) is 19.2 Å². The molecule has 0 aromatic heterocycles. The van der Waals surface area contributed by atoms with Crippen molar-refractivity contribution in [3.8, 4) is 17.2 Å². The van der Waals surface area contributed by atoms with Gasteiger partial charge < -0.3 is 29.7 Å². The maximum atomic E-state index is 13.2. The number of hydrogen-bond donors (Lipinski definition) is 3. The molecule has 0 aliphatic heterocycles. The zero-order valence-corrected chi connectivity index (χ0v) is 18.0. The summed E-state index contributed by atoms with van der Waals surface area (Å²) in [5.41, 5.74) is 1.57. The maximum absolute atomic E-state index is 13.2. The Kier molecular flexibility index (Phi) is 9.44. The number of nitrogens with one attached hydrogen (secondary N) is 1. The van der Waals surface area contributed by atoms with E-state index in [1.807, 2.05) is 0 Å². The number of rotatable bonds is 13. The number of ether oxygens (including phenoxy) is 3. The Balaban J connectivity index is 1.67. The lowest BCUT2D eigenvalue weighted by Crippen LogP contribution is -2.32. The van der Waals surface area contributed by atoms with E-state index in [4.69, 9.17) is 19.3 Å². The molecule has 3 aromatic rings. The van der Waals surface area contributed by atoms with Crippen LogP contribution in [0.5, 0.6) is 17.2 Å². The molecule has 8 heteroatoms. The predicted molar refractivity (Wildman–Crippen MR) is 119 cm³/mol. The summed E-state index contributed by atoms with van der Waals surface area (Å²) >= 11 is 0. The van der Waals surface area contributed by atoms with Crippen molar-refractivity contribution in [3.05, 3.63) is 89.5 Å². The first-order valence-electron chi connectivity index (χ1n) is 10.5. The first-order chi connectivity index (χ1) is 16.0. The first kappa shape index (κ1) is 24.4. The van der Waals surface area contributed by atoms with Gasteiger partial charge in [-0.2, -0.15) is 0 Å². The Morgan fingerprint density at radius 3 is 1.91 bits per heavy atom.